The molecule has 2 aliphatic carbocycles. The van der Waals surface area contributed by atoms with Gasteiger partial charge >= 0.3 is 285 Å². The Morgan fingerprint density at radius 3 is 1.44 bits per heavy atom. The van der Waals surface area contributed by atoms with Crippen LogP contribution in [0.1, 0.15) is 90.5 Å². The molecular weight excluding hydrogens is 703 g/mol. The molecule has 0 heterocycles. The summed E-state index contributed by atoms with van der Waals surface area (Å²) in [5, 5.41) is 0. The van der Waals surface area contributed by atoms with Gasteiger partial charge in [-0.25, -0.2) is 0 Å². The summed E-state index contributed by atoms with van der Waals surface area (Å²) in [6.45, 7) is 14.1. The minimum absolute atomic E-state index is 0. The average molecular weight is 747 g/mol. The van der Waals surface area contributed by atoms with Crippen molar-refractivity contribution in [2.75, 3.05) is 0 Å². The minimum atomic E-state index is -2.85. The van der Waals surface area contributed by atoms with E-state index in [0.717, 1.165) is 6.42 Å². The Kier molecular flexibility index (Phi) is 10.9. The van der Waals surface area contributed by atoms with Crippen LogP contribution in [0.2, 0.25) is 0 Å². The van der Waals surface area contributed by atoms with Crippen molar-refractivity contribution in [1.82, 2.24) is 0 Å². The fraction of sp³-hybridized carbons (Fsp3) is 0.222. The van der Waals surface area contributed by atoms with Gasteiger partial charge in [-0.15, -0.1) is 0 Å². The summed E-state index contributed by atoms with van der Waals surface area (Å²) in [6, 6.07) is 48.4. The number of fused-ring (bicyclic) bond motifs is 3. The maximum absolute atomic E-state index is 2.85. The molecule has 0 unspecified atom stereocenters. The molecule has 0 radical (unpaired) electrons. The molecule has 0 bridgehead atoms. The Hall–Kier alpha value is -3.09. The predicted molar refractivity (Wildman–Crippen MR) is 194 cm³/mol. The number of hydrogen-bond donors (Lipinski definition) is 0. The van der Waals surface area contributed by atoms with Crippen LogP contribution in [0.3, 0.4) is 0 Å². The van der Waals surface area contributed by atoms with E-state index >= 15 is 0 Å². The van der Waals surface area contributed by atoms with E-state index in [1.807, 2.05) is 0 Å². The molecule has 0 spiro atoms. The van der Waals surface area contributed by atoms with Crippen LogP contribution < -0.4 is 24.8 Å². The first-order chi connectivity index (χ1) is 22.1. The van der Waals surface area contributed by atoms with Gasteiger partial charge in [0.15, 0.2) is 0 Å². The first kappa shape index (κ1) is 36.2. The normalized spacial score (nSPS) is 13.6. The van der Waals surface area contributed by atoms with E-state index in [2.05, 4.69) is 181 Å². The second-order valence-corrected chi connectivity index (χ2v) is 21.2. The maximum Gasteiger partial charge on any atom is -1.00 e. The third kappa shape index (κ3) is 6.98. The summed E-state index contributed by atoms with van der Waals surface area (Å²) in [4.78, 5) is 0. The van der Waals surface area contributed by atoms with Crippen LogP contribution in [0.4, 0.5) is 0 Å². The Balaban J connectivity index is 0.00000225. The Morgan fingerprint density at radius 2 is 1.00 bits per heavy atom. The summed E-state index contributed by atoms with van der Waals surface area (Å²) in [6.07, 6.45) is 6.11. The largest absolute Gasteiger partial charge is 1.00 e. The predicted octanol–water partition coefficient (Wildman–Crippen LogP) is 5.62. The number of halogens is 2. The van der Waals surface area contributed by atoms with Gasteiger partial charge in [0.25, 0.3) is 0 Å². The molecule has 5 aromatic rings. The third-order valence-electron chi connectivity index (χ3n) is 9.76. The zero-order chi connectivity index (χ0) is 32.1. The third-order valence-corrected chi connectivity index (χ3v) is 18.0. The van der Waals surface area contributed by atoms with Crippen LogP contribution in [0.15, 0.2) is 143 Å². The van der Waals surface area contributed by atoms with Gasteiger partial charge in [0.05, 0.1) is 0 Å². The van der Waals surface area contributed by atoms with Crippen LogP contribution >= 0.6 is 0 Å². The van der Waals surface area contributed by atoms with Gasteiger partial charge in [-0.05, 0) is 0 Å². The summed E-state index contributed by atoms with van der Waals surface area (Å²) in [5.41, 5.74) is 14.4. The SMILES string of the molecule is CC(C)(C)c1ccc2c(c1)[CH]([Zr+2]([C]1=CC(c3ccccc3)=CC1)=[C](c1ccccc1)c1ccccc1)c1cc(C(C)(C)C)ccc1-2.[Cl-].[Cl-]. The van der Waals surface area contributed by atoms with E-state index in [9.17, 15) is 0 Å². The van der Waals surface area contributed by atoms with Crippen molar-refractivity contribution in [3.05, 3.63) is 182 Å². The van der Waals surface area contributed by atoms with Gasteiger partial charge in [0.2, 0.25) is 0 Å². The first-order valence-electron chi connectivity index (χ1n) is 16.7. The summed E-state index contributed by atoms with van der Waals surface area (Å²) >= 11 is -2.85. The summed E-state index contributed by atoms with van der Waals surface area (Å²) in [7, 11) is 0. The first-order valence-corrected chi connectivity index (χ1v) is 20.6. The fourth-order valence-corrected chi connectivity index (χ4v) is 16.2. The molecule has 242 valence electrons. The zero-order valence-corrected chi connectivity index (χ0v) is 32.8. The van der Waals surface area contributed by atoms with Gasteiger partial charge in [-0.2, -0.15) is 0 Å². The zero-order valence-electron chi connectivity index (χ0n) is 28.8. The summed E-state index contributed by atoms with van der Waals surface area (Å²) in [5.74, 6) is 0. The van der Waals surface area contributed by atoms with Crippen molar-refractivity contribution in [3.63, 3.8) is 0 Å². The van der Waals surface area contributed by atoms with E-state index in [0.29, 0.717) is 3.63 Å². The Labute approximate surface area is 308 Å². The molecule has 5 aromatic carbocycles. The van der Waals surface area contributed by atoms with Crippen molar-refractivity contribution in [2.45, 2.75) is 62.4 Å². The van der Waals surface area contributed by atoms with Crippen molar-refractivity contribution in [1.29, 1.82) is 0 Å². The second-order valence-electron chi connectivity index (χ2n) is 15.0. The van der Waals surface area contributed by atoms with Crippen LogP contribution in [0.25, 0.3) is 16.7 Å². The van der Waals surface area contributed by atoms with Crippen LogP contribution in [-0.4, -0.2) is 3.21 Å². The maximum atomic E-state index is 2.59. The van der Waals surface area contributed by atoms with E-state index in [-0.39, 0.29) is 35.6 Å². The molecule has 48 heavy (non-hydrogen) atoms. The average Bonchev–Trinajstić information content (AvgIpc) is 3.67. The van der Waals surface area contributed by atoms with Crippen LogP contribution in [0.5, 0.6) is 0 Å². The van der Waals surface area contributed by atoms with E-state index in [1.165, 1.54) is 44.5 Å². The number of allylic oxidation sites excluding steroid dienone is 4. The smallest absolute Gasteiger partial charge is 1.00 e. The fourth-order valence-electron chi connectivity index (χ4n) is 7.23. The molecule has 2 aliphatic rings. The standard InChI is InChI=1S/C21H25.C13H10.C11H9.2ClH.Zr/c1-20(2,3)16-7-9-18-14(12-16)11-15-13-17(21(4,5)6)8-10-19(15)18;1-3-7-12(8-4-1)11-13-9-5-2-6-10-13;1-2-6-10(7-3-1)11-8-4-5-9-11;;;/h7-13H,1-6H3;1-10H;1-3,6-9H,4H2;2*1H;/q;;;;;+2/p-2. The molecule has 0 fully saturated rings. The molecule has 0 N–H and O–H groups in total. The van der Waals surface area contributed by atoms with Gasteiger partial charge in [0.1, 0.15) is 0 Å². The second kappa shape index (κ2) is 14.4. The molecule has 0 aromatic heterocycles. The van der Waals surface area contributed by atoms with Crippen molar-refractivity contribution in [2.24, 2.45) is 0 Å². The van der Waals surface area contributed by atoms with Crippen molar-refractivity contribution in [3.8, 4) is 11.1 Å². The molecule has 0 nitrogen and oxygen atoms in total. The molecule has 0 atom stereocenters. The number of benzene rings is 5. The van der Waals surface area contributed by atoms with Gasteiger partial charge in [0, 0.05) is 0 Å². The molecular formula is C45H44Cl2Zr. The van der Waals surface area contributed by atoms with Gasteiger partial charge in [-0.1, -0.05) is 0 Å². The molecule has 3 heteroatoms. The number of rotatable bonds is 5. The Bertz CT molecular complexity index is 1900. The summed E-state index contributed by atoms with van der Waals surface area (Å²) < 4.78 is 3.65. The minimum Gasteiger partial charge on any atom is -1.00 e. The quantitative estimate of drug-likeness (QED) is 0.219. The molecule has 0 saturated carbocycles. The van der Waals surface area contributed by atoms with Crippen LogP contribution in [-0.2, 0) is 32.1 Å². The van der Waals surface area contributed by atoms with Crippen molar-refractivity contribution >= 4 is 8.78 Å². The van der Waals surface area contributed by atoms with Gasteiger partial charge in [-0.3, -0.25) is 0 Å². The van der Waals surface area contributed by atoms with E-state index in [1.54, 1.807) is 17.6 Å². The Morgan fingerprint density at radius 1 is 0.562 bits per heavy atom. The van der Waals surface area contributed by atoms with E-state index < -0.39 is 21.3 Å². The monoisotopic (exact) mass is 744 g/mol. The van der Waals surface area contributed by atoms with Gasteiger partial charge < -0.3 is 24.8 Å². The topological polar surface area (TPSA) is 0 Å². The number of hydrogen-bond acceptors (Lipinski definition) is 0. The molecule has 7 rings (SSSR count). The molecule has 0 amide bonds. The molecule has 0 aliphatic heterocycles. The van der Waals surface area contributed by atoms with E-state index in [4.69, 9.17) is 0 Å². The van der Waals surface area contributed by atoms with Crippen LogP contribution in [0, 0.1) is 0 Å². The molecule has 0 saturated heterocycles. The van der Waals surface area contributed by atoms with Crippen molar-refractivity contribution < 1.29 is 46.1 Å².